The number of hydrogen-bond donors (Lipinski definition) is 2. The van der Waals surface area contributed by atoms with Gasteiger partial charge in [-0.2, -0.15) is 0 Å². The van der Waals surface area contributed by atoms with Crippen LogP contribution in [0.2, 0.25) is 0 Å². The molecule has 0 aliphatic rings. The molecule has 3 rings (SSSR count). The van der Waals surface area contributed by atoms with Crippen molar-refractivity contribution in [2.45, 2.75) is 13.0 Å². The normalized spacial score (nSPS) is 11.6. The first-order chi connectivity index (χ1) is 12.9. The van der Waals surface area contributed by atoms with E-state index in [9.17, 15) is 19.7 Å². The quantitative estimate of drug-likeness (QED) is 0.518. The minimum atomic E-state index is -0.857. The summed E-state index contributed by atoms with van der Waals surface area (Å²) in [5.41, 5.74) is 4.47. The Balaban J connectivity index is 1.56. The number of thiophene rings is 1. The van der Waals surface area contributed by atoms with Crippen molar-refractivity contribution in [1.82, 2.24) is 10.9 Å². The zero-order valence-corrected chi connectivity index (χ0v) is 15.0. The zero-order valence-electron chi connectivity index (χ0n) is 14.2. The molecule has 0 radical (unpaired) electrons. The summed E-state index contributed by atoms with van der Waals surface area (Å²) in [6.45, 7) is 1.55. The fourth-order valence-corrected chi connectivity index (χ4v) is 3.04. The molecule has 1 heterocycles. The van der Waals surface area contributed by atoms with Crippen molar-refractivity contribution < 1.29 is 19.2 Å². The molecule has 2 N–H and O–H groups in total. The van der Waals surface area contributed by atoms with Gasteiger partial charge in [0.05, 0.1) is 4.92 Å². The Morgan fingerprint density at radius 2 is 1.81 bits per heavy atom. The lowest BCUT2D eigenvalue weighted by molar-refractivity contribution is -0.380. The third-order valence-electron chi connectivity index (χ3n) is 3.70. The summed E-state index contributed by atoms with van der Waals surface area (Å²) in [7, 11) is 0. The first-order valence-electron chi connectivity index (χ1n) is 7.94. The van der Waals surface area contributed by atoms with Crippen molar-refractivity contribution in [1.29, 1.82) is 0 Å². The average molecular weight is 385 g/mol. The number of ether oxygens (including phenoxy) is 1. The summed E-state index contributed by atoms with van der Waals surface area (Å²) < 4.78 is 5.61. The third-order valence-corrected chi connectivity index (χ3v) is 4.73. The predicted octanol–water partition coefficient (Wildman–Crippen LogP) is 3.04. The summed E-state index contributed by atoms with van der Waals surface area (Å²) in [4.78, 5) is 34.2. The molecule has 0 aliphatic heterocycles. The molecule has 1 unspecified atom stereocenters. The highest BCUT2D eigenvalue weighted by Crippen LogP contribution is 2.23. The van der Waals surface area contributed by atoms with Crippen LogP contribution in [0.1, 0.15) is 16.6 Å². The van der Waals surface area contributed by atoms with E-state index < -0.39 is 22.8 Å². The number of carbonyl (C=O) groups is 2. The van der Waals surface area contributed by atoms with E-state index in [1.54, 1.807) is 13.0 Å². The van der Waals surface area contributed by atoms with Gasteiger partial charge in [0.1, 0.15) is 10.6 Å². The summed E-state index contributed by atoms with van der Waals surface area (Å²) in [6, 6.07) is 15.8. The van der Waals surface area contributed by atoms with Crippen LogP contribution in [0.3, 0.4) is 0 Å². The predicted molar refractivity (Wildman–Crippen MR) is 101 cm³/mol. The second-order valence-electron chi connectivity index (χ2n) is 5.61. The Bertz CT molecular complexity index is 1020. The van der Waals surface area contributed by atoms with E-state index in [2.05, 4.69) is 10.9 Å². The minimum absolute atomic E-state index is 0.116. The maximum Gasteiger partial charge on any atom is 0.324 e. The summed E-state index contributed by atoms with van der Waals surface area (Å²) in [6.07, 6.45) is -0.857. The van der Waals surface area contributed by atoms with Gasteiger partial charge in [-0.1, -0.05) is 41.7 Å². The van der Waals surface area contributed by atoms with Gasteiger partial charge in [-0.25, -0.2) is 0 Å². The summed E-state index contributed by atoms with van der Waals surface area (Å²) in [5.74, 6) is -0.668. The van der Waals surface area contributed by atoms with Gasteiger partial charge >= 0.3 is 5.00 Å². The van der Waals surface area contributed by atoms with Crippen LogP contribution in [0.25, 0.3) is 10.8 Å². The monoisotopic (exact) mass is 385 g/mol. The Hall–Kier alpha value is -3.46. The van der Waals surface area contributed by atoms with Gasteiger partial charge in [0.2, 0.25) is 0 Å². The van der Waals surface area contributed by atoms with Crippen LogP contribution in [0.15, 0.2) is 54.6 Å². The molecule has 138 valence electrons. The average Bonchev–Trinajstić information content (AvgIpc) is 3.16. The lowest BCUT2D eigenvalue weighted by Crippen LogP contribution is -2.47. The number of hydrogen-bond acceptors (Lipinski definition) is 6. The number of nitro groups is 1. The minimum Gasteiger partial charge on any atom is -0.481 e. The highest BCUT2D eigenvalue weighted by atomic mass is 32.1. The van der Waals surface area contributed by atoms with Crippen LogP contribution in [0.5, 0.6) is 5.75 Å². The topological polar surface area (TPSA) is 111 Å². The molecule has 1 aromatic heterocycles. The molecule has 1 atom stereocenters. The van der Waals surface area contributed by atoms with E-state index in [4.69, 9.17) is 4.74 Å². The first kappa shape index (κ1) is 18.3. The van der Waals surface area contributed by atoms with Gasteiger partial charge in [0.15, 0.2) is 6.10 Å². The first-order valence-corrected chi connectivity index (χ1v) is 8.75. The number of fused-ring (bicyclic) bond motifs is 1. The van der Waals surface area contributed by atoms with Crippen molar-refractivity contribution >= 4 is 38.9 Å². The molecule has 0 saturated heterocycles. The number of rotatable bonds is 5. The molecule has 2 amide bonds. The maximum absolute atomic E-state index is 12.1. The number of carbonyl (C=O) groups excluding carboxylic acids is 2. The van der Waals surface area contributed by atoms with Gasteiger partial charge in [-0.3, -0.25) is 30.6 Å². The van der Waals surface area contributed by atoms with Crippen LogP contribution in [0, 0.1) is 10.1 Å². The van der Waals surface area contributed by atoms with E-state index in [1.807, 2.05) is 36.4 Å². The number of hydrazine groups is 1. The highest BCUT2D eigenvalue weighted by Gasteiger charge is 2.18. The van der Waals surface area contributed by atoms with Gasteiger partial charge in [-0.15, -0.1) is 0 Å². The van der Waals surface area contributed by atoms with Crippen LogP contribution in [-0.4, -0.2) is 22.8 Å². The Morgan fingerprint density at radius 1 is 1.07 bits per heavy atom. The lowest BCUT2D eigenvalue weighted by Gasteiger charge is -2.15. The smallest absolute Gasteiger partial charge is 0.324 e. The van der Waals surface area contributed by atoms with Gasteiger partial charge in [0.25, 0.3) is 11.8 Å². The molecule has 0 fully saturated rings. The third kappa shape index (κ3) is 4.39. The van der Waals surface area contributed by atoms with E-state index in [0.717, 1.165) is 22.1 Å². The van der Waals surface area contributed by atoms with E-state index in [0.29, 0.717) is 5.75 Å². The largest absolute Gasteiger partial charge is 0.481 e. The molecule has 2 aromatic carbocycles. The van der Waals surface area contributed by atoms with Crippen molar-refractivity contribution in [3.05, 3.63) is 69.6 Å². The SMILES string of the molecule is CC(Oc1ccc2ccccc2c1)C(=O)NNC(=O)c1ccc([N+](=O)[O-])s1. The molecule has 0 spiro atoms. The van der Waals surface area contributed by atoms with Gasteiger partial charge < -0.3 is 4.74 Å². The molecule has 8 nitrogen and oxygen atoms in total. The molecule has 3 aromatic rings. The molecule has 0 bridgehead atoms. The molecule has 0 saturated carbocycles. The molecule has 27 heavy (non-hydrogen) atoms. The highest BCUT2D eigenvalue weighted by molar-refractivity contribution is 7.17. The van der Waals surface area contributed by atoms with Crippen LogP contribution in [0.4, 0.5) is 5.00 Å². The van der Waals surface area contributed by atoms with Crippen molar-refractivity contribution in [2.24, 2.45) is 0 Å². The van der Waals surface area contributed by atoms with Crippen LogP contribution < -0.4 is 15.6 Å². The van der Waals surface area contributed by atoms with E-state index in [-0.39, 0.29) is 9.88 Å². The zero-order chi connectivity index (χ0) is 19.4. The van der Waals surface area contributed by atoms with Crippen LogP contribution >= 0.6 is 11.3 Å². The van der Waals surface area contributed by atoms with Gasteiger partial charge in [0, 0.05) is 6.07 Å². The Kier molecular flexibility index (Phi) is 5.32. The molecular formula is C18H15N3O5S. The van der Waals surface area contributed by atoms with Crippen molar-refractivity contribution in [3.8, 4) is 5.75 Å². The standard InChI is InChI=1S/C18H15N3O5S/c1-11(26-14-7-6-12-4-2-3-5-13(12)10-14)17(22)19-20-18(23)15-8-9-16(27-15)21(24)25/h2-11H,1H3,(H,19,22)(H,20,23). The Morgan fingerprint density at radius 3 is 2.52 bits per heavy atom. The maximum atomic E-state index is 12.1. The number of amides is 2. The fourth-order valence-electron chi connectivity index (χ4n) is 2.33. The fraction of sp³-hybridized carbons (Fsp3) is 0.111. The van der Waals surface area contributed by atoms with Crippen molar-refractivity contribution in [2.75, 3.05) is 0 Å². The van der Waals surface area contributed by atoms with Crippen LogP contribution in [-0.2, 0) is 4.79 Å². The second kappa shape index (κ2) is 7.83. The van der Waals surface area contributed by atoms with E-state index in [1.165, 1.54) is 12.1 Å². The van der Waals surface area contributed by atoms with E-state index >= 15 is 0 Å². The van der Waals surface area contributed by atoms with Crippen molar-refractivity contribution in [3.63, 3.8) is 0 Å². The summed E-state index contributed by atoms with van der Waals surface area (Å²) >= 11 is 0.719. The molecular weight excluding hydrogens is 370 g/mol. The number of nitrogens with zero attached hydrogens (tertiary/aromatic N) is 1. The van der Waals surface area contributed by atoms with Gasteiger partial charge in [-0.05, 0) is 35.9 Å². The Labute approximate surface area is 157 Å². The second-order valence-corrected chi connectivity index (χ2v) is 6.67. The number of benzene rings is 2. The molecule has 9 heteroatoms. The summed E-state index contributed by atoms with van der Waals surface area (Å²) in [5, 5.41) is 12.5. The molecule has 0 aliphatic carbocycles. The number of nitrogens with one attached hydrogen (secondary N) is 2. The lowest BCUT2D eigenvalue weighted by atomic mass is 10.1.